The number of nitrogens with zero attached hydrogens (tertiary/aromatic N) is 1. The number of rotatable bonds is 4. The highest BCUT2D eigenvalue weighted by molar-refractivity contribution is 5.32. The second kappa shape index (κ2) is 6.18. The number of aliphatic hydroxyl groups is 1. The zero-order chi connectivity index (χ0) is 13.7. The summed E-state index contributed by atoms with van der Waals surface area (Å²) < 4.78 is 0. The highest BCUT2D eigenvalue weighted by Crippen LogP contribution is 2.32. The summed E-state index contributed by atoms with van der Waals surface area (Å²) in [6.45, 7) is 3.15. The molecule has 1 saturated carbocycles. The summed E-state index contributed by atoms with van der Waals surface area (Å²) in [5, 5.41) is 22.1. The van der Waals surface area contributed by atoms with Crippen LogP contribution in [-0.4, -0.2) is 17.3 Å². The van der Waals surface area contributed by atoms with Crippen molar-refractivity contribution >= 4 is 0 Å². The van der Waals surface area contributed by atoms with E-state index in [-0.39, 0.29) is 12.1 Å². The van der Waals surface area contributed by atoms with Crippen LogP contribution in [0.2, 0.25) is 0 Å². The van der Waals surface area contributed by atoms with Crippen molar-refractivity contribution in [2.75, 3.05) is 6.61 Å². The molecule has 0 heterocycles. The Labute approximate surface area is 115 Å². The summed E-state index contributed by atoms with van der Waals surface area (Å²) in [6.07, 6.45) is 4.49. The Morgan fingerprint density at radius 2 is 2.37 bits per heavy atom. The highest BCUT2D eigenvalue weighted by atomic mass is 16.3. The Morgan fingerprint density at radius 1 is 1.53 bits per heavy atom. The van der Waals surface area contributed by atoms with Crippen molar-refractivity contribution in [2.45, 2.75) is 44.7 Å². The van der Waals surface area contributed by atoms with E-state index in [2.05, 4.69) is 18.3 Å². The minimum Gasteiger partial charge on any atom is -0.394 e. The molecule has 102 valence electrons. The molecule has 1 aliphatic carbocycles. The number of nitriles is 1. The molecular formula is C16H22N2O. The van der Waals surface area contributed by atoms with Crippen LogP contribution in [0.15, 0.2) is 24.3 Å². The van der Waals surface area contributed by atoms with Crippen LogP contribution in [-0.2, 0) is 6.54 Å². The molecule has 2 atom stereocenters. The van der Waals surface area contributed by atoms with Gasteiger partial charge in [-0.15, -0.1) is 0 Å². The fourth-order valence-corrected chi connectivity index (χ4v) is 3.06. The van der Waals surface area contributed by atoms with Gasteiger partial charge in [0.25, 0.3) is 0 Å². The smallest absolute Gasteiger partial charge is 0.0991 e. The van der Waals surface area contributed by atoms with Gasteiger partial charge in [-0.3, -0.25) is 0 Å². The zero-order valence-corrected chi connectivity index (χ0v) is 11.5. The lowest BCUT2D eigenvalue weighted by molar-refractivity contribution is 0.0982. The van der Waals surface area contributed by atoms with Gasteiger partial charge in [0, 0.05) is 12.1 Å². The molecule has 0 radical (unpaired) electrons. The van der Waals surface area contributed by atoms with Crippen LogP contribution in [0.3, 0.4) is 0 Å². The maximum atomic E-state index is 9.72. The normalized spacial score (nSPS) is 26.9. The first-order valence-corrected chi connectivity index (χ1v) is 7.02. The van der Waals surface area contributed by atoms with Gasteiger partial charge < -0.3 is 10.4 Å². The van der Waals surface area contributed by atoms with E-state index in [9.17, 15) is 5.11 Å². The third-order valence-corrected chi connectivity index (χ3v) is 4.12. The molecule has 19 heavy (non-hydrogen) atoms. The minimum absolute atomic E-state index is 0.139. The molecule has 0 spiro atoms. The van der Waals surface area contributed by atoms with Crippen LogP contribution in [0, 0.1) is 17.2 Å². The van der Waals surface area contributed by atoms with Crippen molar-refractivity contribution in [3.63, 3.8) is 0 Å². The van der Waals surface area contributed by atoms with Gasteiger partial charge in [0.2, 0.25) is 0 Å². The Hall–Kier alpha value is -1.37. The van der Waals surface area contributed by atoms with E-state index in [1.54, 1.807) is 0 Å². The molecule has 0 bridgehead atoms. The SMILES string of the molecule is CC1CCCC(CO)(NCc2cccc(C#N)c2)C1. The maximum absolute atomic E-state index is 9.72. The van der Waals surface area contributed by atoms with Crippen LogP contribution < -0.4 is 5.32 Å². The first-order chi connectivity index (χ1) is 9.17. The first kappa shape index (κ1) is 14.0. The fourth-order valence-electron chi connectivity index (χ4n) is 3.06. The highest BCUT2D eigenvalue weighted by Gasteiger charge is 2.33. The van der Waals surface area contributed by atoms with Gasteiger partial charge in [0.1, 0.15) is 0 Å². The van der Waals surface area contributed by atoms with Crippen molar-refractivity contribution in [3.8, 4) is 6.07 Å². The van der Waals surface area contributed by atoms with Crippen LogP contribution >= 0.6 is 0 Å². The summed E-state index contributed by atoms with van der Waals surface area (Å²) in [4.78, 5) is 0. The molecular weight excluding hydrogens is 236 g/mol. The summed E-state index contributed by atoms with van der Waals surface area (Å²) in [7, 11) is 0. The molecule has 1 aromatic carbocycles. The van der Waals surface area contributed by atoms with Crippen LogP contribution in [0.5, 0.6) is 0 Å². The molecule has 1 aliphatic rings. The van der Waals surface area contributed by atoms with E-state index >= 15 is 0 Å². The third-order valence-electron chi connectivity index (χ3n) is 4.12. The Kier molecular flexibility index (Phi) is 4.57. The third kappa shape index (κ3) is 3.56. The molecule has 1 aromatic rings. The summed E-state index contributed by atoms with van der Waals surface area (Å²) in [5.74, 6) is 0.666. The lowest BCUT2D eigenvalue weighted by Crippen LogP contribution is -2.51. The Balaban J connectivity index is 2.01. The van der Waals surface area contributed by atoms with Crippen molar-refractivity contribution in [1.29, 1.82) is 5.26 Å². The molecule has 2 N–H and O–H groups in total. The second-order valence-electron chi connectivity index (χ2n) is 5.81. The van der Waals surface area contributed by atoms with E-state index in [0.717, 1.165) is 18.4 Å². The quantitative estimate of drug-likeness (QED) is 0.872. The van der Waals surface area contributed by atoms with Crippen molar-refractivity contribution in [3.05, 3.63) is 35.4 Å². The lowest BCUT2D eigenvalue weighted by Gasteiger charge is -2.39. The molecule has 0 aromatic heterocycles. The van der Waals surface area contributed by atoms with Gasteiger partial charge in [-0.25, -0.2) is 0 Å². The van der Waals surface area contributed by atoms with Gasteiger partial charge in [-0.1, -0.05) is 31.9 Å². The van der Waals surface area contributed by atoms with Gasteiger partial charge in [-0.2, -0.15) is 5.26 Å². The molecule has 3 heteroatoms. The number of nitrogens with one attached hydrogen (secondary N) is 1. The average molecular weight is 258 g/mol. The summed E-state index contributed by atoms with van der Waals surface area (Å²) in [6, 6.07) is 9.81. The largest absolute Gasteiger partial charge is 0.394 e. The molecule has 2 rings (SSSR count). The molecule has 0 saturated heterocycles. The standard InChI is InChI=1S/C16H22N2O/c1-13-4-3-7-16(9-13,12-19)18-11-15-6-2-5-14(8-15)10-17/h2,5-6,8,13,18-19H,3-4,7,9,11-12H2,1H3. The van der Waals surface area contributed by atoms with Crippen molar-refractivity contribution < 1.29 is 5.11 Å². The Bertz CT molecular complexity index is 466. The molecule has 3 nitrogen and oxygen atoms in total. The van der Waals surface area contributed by atoms with Crippen molar-refractivity contribution in [2.24, 2.45) is 5.92 Å². The van der Waals surface area contributed by atoms with E-state index in [0.29, 0.717) is 18.0 Å². The predicted octanol–water partition coefficient (Wildman–Crippen LogP) is 2.59. The molecule has 2 unspecified atom stereocenters. The molecule has 0 aliphatic heterocycles. The zero-order valence-electron chi connectivity index (χ0n) is 11.5. The van der Waals surface area contributed by atoms with Gasteiger partial charge >= 0.3 is 0 Å². The predicted molar refractivity (Wildman–Crippen MR) is 75.4 cm³/mol. The first-order valence-electron chi connectivity index (χ1n) is 7.02. The maximum Gasteiger partial charge on any atom is 0.0991 e. The van der Waals surface area contributed by atoms with Gasteiger partial charge in [-0.05, 0) is 36.5 Å². The summed E-state index contributed by atoms with van der Waals surface area (Å²) in [5.41, 5.74) is 1.65. The van der Waals surface area contributed by atoms with Crippen LogP contribution in [0.1, 0.15) is 43.7 Å². The van der Waals surface area contributed by atoms with E-state index in [1.165, 1.54) is 12.8 Å². The van der Waals surface area contributed by atoms with Crippen LogP contribution in [0.4, 0.5) is 0 Å². The van der Waals surface area contributed by atoms with E-state index < -0.39 is 0 Å². The minimum atomic E-state index is -0.139. The number of hydrogen-bond acceptors (Lipinski definition) is 3. The second-order valence-corrected chi connectivity index (χ2v) is 5.81. The number of benzene rings is 1. The van der Waals surface area contributed by atoms with Gasteiger partial charge in [0.15, 0.2) is 0 Å². The Morgan fingerprint density at radius 3 is 3.05 bits per heavy atom. The number of aliphatic hydroxyl groups excluding tert-OH is 1. The average Bonchev–Trinajstić information content (AvgIpc) is 2.45. The van der Waals surface area contributed by atoms with E-state index in [4.69, 9.17) is 5.26 Å². The summed E-state index contributed by atoms with van der Waals surface area (Å²) >= 11 is 0. The lowest BCUT2D eigenvalue weighted by atomic mass is 9.77. The monoisotopic (exact) mass is 258 g/mol. The fraction of sp³-hybridized carbons (Fsp3) is 0.562. The van der Waals surface area contributed by atoms with Crippen molar-refractivity contribution in [1.82, 2.24) is 5.32 Å². The topological polar surface area (TPSA) is 56.0 Å². The number of hydrogen-bond donors (Lipinski definition) is 2. The van der Waals surface area contributed by atoms with E-state index in [1.807, 2.05) is 24.3 Å². The molecule has 1 fully saturated rings. The van der Waals surface area contributed by atoms with Gasteiger partial charge in [0.05, 0.1) is 18.2 Å². The molecule has 0 amide bonds. The van der Waals surface area contributed by atoms with Crippen LogP contribution in [0.25, 0.3) is 0 Å².